The first-order valence-corrected chi connectivity index (χ1v) is 7.44. The van der Waals surface area contributed by atoms with Crippen molar-refractivity contribution in [3.63, 3.8) is 0 Å². The maximum Gasteiger partial charge on any atom is 0.238 e. The van der Waals surface area contributed by atoms with Crippen LogP contribution in [-0.2, 0) is 4.79 Å². The predicted octanol–water partition coefficient (Wildman–Crippen LogP) is 2.72. The fourth-order valence-electron chi connectivity index (χ4n) is 3.01. The third kappa shape index (κ3) is 3.51. The summed E-state index contributed by atoms with van der Waals surface area (Å²) in [6, 6.07) is 7.30. The molecule has 0 atom stereocenters. The van der Waals surface area contributed by atoms with E-state index in [0.717, 1.165) is 18.8 Å². The summed E-state index contributed by atoms with van der Waals surface area (Å²) in [6.45, 7) is 7.02. The van der Waals surface area contributed by atoms with Gasteiger partial charge < -0.3 is 11.1 Å². The van der Waals surface area contributed by atoms with Crippen LogP contribution in [-0.4, -0.2) is 30.4 Å². The van der Waals surface area contributed by atoms with E-state index >= 15 is 0 Å². The van der Waals surface area contributed by atoms with Gasteiger partial charge >= 0.3 is 0 Å². The van der Waals surface area contributed by atoms with Gasteiger partial charge in [0, 0.05) is 17.9 Å². The van der Waals surface area contributed by atoms with Gasteiger partial charge in [0.2, 0.25) is 5.91 Å². The molecule has 0 aromatic heterocycles. The van der Waals surface area contributed by atoms with Gasteiger partial charge in [-0.05, 0) is 49.4 Å². The number of hydrogen-bond acceptors (Lipinski definition) is 3. The Morgan fingerprint density at radius 2 is 2.15 bits per heavy atom. The van der Waals surface area contributed by atoms with Crippen LogP contribution in [0.5, 0.6) is 0 Å². The highest BCUT2D eigenvalue weighted by Gasteiger charge is 2.35. The van der Waals surface area contributed by atoms with Crippen LogP contribution >= 0.6 is 0 Å². The molecule has 4 nitrogen and oxygen atoms in total. The third-order valence-corrected chi connectivity index (χ3v) is 4.55. The van der Waals surface area contributed by atoms with E-state index in [9.17, 15) is 4.79 Å². The van der Waals surface area contributed by atoms with E-state index in [1.165, 1.54) is 19.3 Å². The van der Waals surface area contributed by atoms with Crippen LogP contribution in [0.3, 0.4) is 0 Å². The first kappa shape index (κ1) is 14.9. The number of nitrogen functional groups attached to an aromatic ring is 1. The maximum absolute atomic E-state index is 12.1. The lowest BCUT2D eigenvalue weighted by Crippen LogP contribution is -2.33. The van der Waals surface area contributed by atoms with Crippen molar-refractivity contribution in [3.8, 4) is 0 Å². The highest BCUT2D eigenvalue weighted by Crippen LogP contribution is 2.36. The molecule has 110 valence electrons. The molecular weight excluding hydrogens is 250 g/mol. The molecule has 1 aromatic rings. The summed E-state index contributed by atoms with van der Waals surface area (Å²) >= 11 is 0. The molecule has 1 saturated heterocycles. The predicted molar refractivity (Wildman–Crippen MR) is 83.6 cm³/mol. The van der Waals surface area contributed by atoms with Crippen molar-refractivity contribution < 1.29 is 4.79 Å². The van der Waals surface area contributed by atoms with Crippen LogP contribution in [0.25, 0.3) is 0 Å². The standard InChI is InChI=1S/C16H25N3O/c1-3-16(4-2)8-9-19(12-16)11-15(20)18-14-7-5-6-13(17)10-14/h5-7,10H,3-4,8-9,11-12,17H2,1-2H3,(H,18,20). The van der Waals surface area contributed by atoms with E-state index in [0.29, 0.717) is 17.6 Å². The molecule has 1 aliphatic rings. The Morgan fingerprint density at radius 3 is 2.75 bits per heavy atom. The number of nitrogens with zero attached hydrogens (tertiary/aromatic N) is 1. The van der Waals surface area contributed by atoms with Gasteiger partial charge in [-0.15, -0.1) is 0 Å². The molecule has 1 aromatic carbocycles. The van der Waals surface area contributed by atoms with Crippen molar-refractivity contribution in [2.75, 3.05) is 30.7 Å². The second kappa shape index (κ2) is 6.27. The molecule has 1 aliphatic heterocycles. The molecule has 1 fully saturated rings. The number of likely N-dealkylation sites (tertiary alicyclic amines) is 1. The number of rotatable bonds is 5. The molecular formula is C16H25N3O. The van der Waals surface area contributed by atoms with Gasteiger partial charge in [0.1, 0.15) is 0 Å². The Morgan fingerprint density at radius 1 is 1.40 bits per heavy atom. The van der Waals surface area contributed by atoms with Crippen LogP contribution in [0.2, 0.25) is 0 Å². The van der Waals surface area contributed by atoms with Crippen LogP contribution in [0.1, 0.15) is 33.1 Å². The Labute approximate surface area is 121 Å². The first-order valence-electron chi connectivity index (χ1n) is 7.44. The van der Waals surface area contributed by atoms with Crippen molar-refractivity contribution in [2.24, 2.45) is 5.41 Å². The van der Waals surface area contributed by atoms with Gasteiger partial charge in [0.05, 0.1) is 6.54 Å². The summed E-state index contributed by atoms with van der Waals surface area (Å²) in [6.07, 6.45) is 3.58. The molecule has 1 amide bonds. The number of nitrogens with two attached hydrogens (primary N) is 1. The largest absolute Gasteiger partial charge is 0.399 e. The van der Waals surface area contributed by atoms with Gasteiger partial charge in [-0.25, -0.2) is 0 Å². The smallest absolute Gasteiger partial charge is 0.238 e. The van der Waals surface area contributed by atoms with E-state index in [-0.39, 0.29) is 5.91 Å². The Balaban J connectivity index is 1.87. The van der Waals surface area contributed by atoms with Crippen LogP contribution in [0.15, 0.2) is 24.3 Å². The average molecular weight is 275 g/mol. The second-order valence-electron chi connectivity index (χ2n) is 5.84. The highest BCUT2D eigenvalue weighted by molar-refractivity contribution is 5.92. The zero-order valence-electron chi connectivity index (χ0n) is 12.5. The minimum Gasteiger partial charge on any atom is -0.399 e. The van der Waals surface area contributed by atoms with Gasteiger partial charge in [-0.2, -0.15) is 0 Å². The zero-order valence-corrected chi connectivity index (χ0v) is 12.5. The van der Waals surface area contributed by atoms with Gasteiger partial charge in [0.15, 0.2) is 0 Å². The monoisotopic (exact) mass is 275 g/mol. The molecule has 1 heterocycles. The summed E-state index contributed by atoms with van der Waals surface area (Å²) in [5.74, 6) is 0.0404. The second-order valence-corrected chi connectivity index (χ2v) is 5.84. The molecule has 0 saturated carbocycles. The van der Waals surface area contributed by atoms with Gasteiger partial charge in [-0.3, -0.25) is 9.69 Å². The molecule has 0 spiro atoms. The summed E-state index contributed by atoms with van der Waals surface area (Å²) in [5.41, 5.74) is 7.56. The lowest BCUT2D eigenvalue weighted by Gasteiger charge is -2.26. The van der Waals surface area contributed by atoms with E-state index < -0.39 is 0 Å². The van der Waals surface area contributed by atoms with Crippen LogP contribution < -0.4 is 11.1 Å². The topological polar surface area (TPSA) is 58.4 Å². The van der Waals surface area contributed by atoms with E-state index in [1.54, 1.807) is 6.07 Å². The summed E-state index contributed by atoms with van der Waals surface area (Å²) in [7, 11) is 0. The zero-order chi connectivity index (χ0) is 14.6. The van der Waals surface area contributed by atoms with E-state index in [4.69, 9.17) is 5.73 Å². The van der Waals surface area contributed by atoms with E-state index in [1.807, 2.05) is 18.2 Å². The lowest BCUT2D eigenvalue weighted by molar-refractivity contribution is -0.117. The molecule has 0 radical (unpaired) electrons. The number of carbonyl (C=O) groups excluding carboxylic acids is 1. The highest BCUT2D eigenvalue weighted by atomic mass is 16.2. The molecule has 2 rings (SSSR count). The molecule has 0 bridgehead atoms. The Kier molecular flexibility index (Phi) is 4.65. The number of benzene rings is 1. The quantitative estimate of drug-likeness (QED) is 0.812. The van der Waals surface area contributed by atoms with Crippen LogP contribution in [0.4, 0.5) is 11.4 Å². The summed E-state index contributed by atoms with van der Waals surface area (Å²) < 4.78 is 0. The van der Waals surface area contributed by atoms with Crippen molar-refractivity contribution >= 4 is 17.3 Å². The molecule has 3 N–H and O–H groups in total. The minimum atomic E-state index is 0.0404. The molecule has 20 heavy (non-hydrogen) atoms. The summed E-state index contributed by atoms with van der Waals surface area (Å²) in [4.78, 5) is 14.3. The molecule has 0 aliphatic carbocycles. The fourth-order valence-corrected chi connectivity index (χ4v) is 3.01. The lowest BCUT2D eigenvalue weighted by atomic mass is 9.82. The summed E-state index contributed by atoms with van der Waals surface area (Å²) in [5, 5.41) is 2.91. The number of hydrogen-bond donors (Lipinski definition) is 2. The molecule has 4 heteroatoms. The number of amides is 1. The van der Waals surface area contributed by atoms with Crippen molar-refractivity contribution in [1.29, 1.82) is 0 Å². The Bertz CT molecular complexity index is 469. The number of anilines is 2. The first-order chi connectivity index (χ1) is 9.57. The van der Waals surface area contributed by atoms with Gasteiger partial charge in [-0.1, -0.05) is 19.9 Å². The number of nitrogens with one attached hydrogen (secondary N) is 1. The molecule has 0 unspecified atom stereocenters. The van der Waals surface area contributed by atoms with Crippen molar-refractivity contribution in [2.45, 2.75) is 33.1 Å². The normalized spacial score (nSPS) is 18.1. The average Bonchev–Trinajstić information content (AvgIpc) is 2.82. The minimum absolute atomic E-state index is 0.0404. The Hall–Kier alpha value is -1.55. The van der Waals surface area contributed by atoms with Crippen LogP contribution in [0, 0.1) is 5.41 Å². The third-order valence-electron chi connectivity index (χ3n) is 4.55. The SMILES string of the molecule is CCC1(CC)CCN(CC(=O)Nc2cccc(N)c2)C1. The van der Waals surface area contributed by atoms with Crippen molar-refractivity contribution in [3.05, 3.63) is 24.3 Å². The van der Waals surface area contributed by atoms with E-state index in [2.05, 4.69) is 24.1 Å². The number of carbonyl (C=O) groups is 1. The van der Waals surface area contributed by atoms with Crippen molar-refractivity contribution in [1.82, 2.24) is 4.90 Å². The fraction of sp³-hybridized carbons (Fsp3) is 0.562. The maximum atomic E-state index is 12.1. The van der Waals surface area contributed by atoms with Gasteiger partial charge in [0.25, 0.3) is 0 Å².